The Morgan fingerprint density at radius 2 is 1.89 bits per heavy atom. The summed E-state index contributed by atoms with van der Waals surface area (Å²) in [7, 11) is 6.01. The summed E-state index contributed by atoms with van der Waals surface area (Å²) in [6.07, 6.45) is 3.34. The topological polar surface area (TPSA) is 50.5 Å². The predicted octanol–water partition coefficient (Wildman–Crippen LogP) is 1.31. The van der Waals surface area contributed by atoms with Crippen LogP contribution in [0.3, 0.4) is 0 Å². The summed E-state index contributed by atoms with van der Waals surface area (Å²) in [5.41, 5.74) is 5.59. The number of rotatable bonds is 11. The number of nitrogens with one attached hydrogen (secondary N) is 1. The number of hydrogen-bond acceptors (Lipinski definition) is 4. The normalized spacial score (nSPS) is 15.3. The van der Waals surface area contributed by atoms with Gasteiger partial charge in [0.1, 0.15) is 0 Å². The lowest BCUT2D eigenvalue weighted by Crippen LogP contribution is -2.46. The largest absolute Gasteiger partial charge is 0.383 e. The SMILES string of the molecule is COCC(CCCN)NC(CC(C)C)CN(C)C. The molecule has 18 heavy (non-hydrogen) atoms. The van der Waals surface area contributed by atoms with Crippen molar-refractivity contribution in [2.45, 2.75) is 45.2 Å². The first-order valence-corrected chi connectivity index (χ1v) is 7.09. The molecule has 0 spiro atoms. The van der Waals surface area contributed by atoms with Crippen molar-refractivity contribution in [1.29, 1.82) is 0 Å². The van der Waals surface area contributed by atoms with Gasteiger partial charge >= 0.3 is 0 Å². The Morgan fingerprint density at radius 1 is 1.22 bits per heavy atom. The van der Waals surface area contributed by atoms with E-state index in [1.807, 2.05) is 0 Å². The molecule has 0 rings (SSSR count). The minimum Gasteiger partial charge on any atom is -0.383 e. The minimum absolute atomic E-state index is 0.419. The van der Waals surface area contributed by atoms with Gasteiger partial charge in [0, 0.05) is 25.7 Å². The third-order valence-electron chi connectivity index (χ3n) is 2.94. The summed E-state index contributed by atoms with van der Waals surface area (Å²) < 4.78 is 5.29. The van der Waals surface area contributed by atoms with Crippen LogP contribution in [-0.4, -0.2) is 57.9 Å². The fourth-order valence-electron chi connectivity index (χ4n) is 2.32. The maximum atomic E-state index is 5.59. The Hall–Kier alpha value is -0.160. The van der Waals surface area contributed by atoms with E-state index in [1.165, 1.54) is 6.42 Å². The van der Waals surface area contributed by atoms with Gasteiger partial charge in [0.15, 0.2) is 0 Å². The molecule has 0 aromatic heterocycles. The molecule has 4 heteroatoms. The minimum atomic E-state index is 0.419. The summed E-state index contributed by atoms with van der Waals surface area (Å²) in [5, 5.41) is 3.73. The van der Waals surface area contributed by atoms with Crippen LogP contribution < -0.4 is 11.1 Å². The van der Waals surface area contributed by atoms with E-state index in [0.29, 0.717) is 18.0 Å². The van der Waals surface area contributed by atoms with Gasteiger partial charge in [-0.15, -0.1) is 0 Å². The third-order valence-corrected chi connectivity index (χ3v) is 2.94. The smallest absolute Gasteiger partial charge is 0.0615 e. The van der Waals surface area contributed by atoms with Gasteiger partial charge in [0.25, 0.3) is 0 Å². The van der Waals surface area contributed by atoms with E-state index in [-0.39, 0.29) is 0 Å². The number of ether oxygens (including phenoxy) is 1. The van der Waals surface area contributed by atoms with Crippen molar-refractivity contribution in [3.05, 3.63) is 0 Å². The highest BCUT2D eigenvalue weighted by Crippen LogP contribution is 2.08. The van der Waals surface area contributed by atoms with Gasteiger partial charge < -0.3 is 20.7 Å². The summed E-state index contributed by atoms with van der Waals surface area (Å²) in [4.78, 5) is 2.24. The molecule has 0 fully saturated rings. The van der Waals surface area contributed by atoms with Crippen molar-refractivity contribution in [3.63, 3.8) is 0 Å². The zero-order valence-electron chi connectivity index (χ0n) is 12.9. The Labute approximate surface area is 113 Å². The van der Waals surface area contributed by atoms with Crippen LogP contribution in [0.2, 0.25) is 0 Å². The van der Waals surface area contributed by atoms with Crippen LogP contribution in [0.5, 0.6) is 0 Å². The molecular formula is C14H33N3O. The number of hydrogen-bond donors (Lipinski definition) is 2. The van der Waals surface area contributed by atoms with Gasteiger partial charge in [-0.25, -0.2) is 0 Å². The van der Waals surface area contributed by atoms with Crippen molar-refractivity contribution in [1.82, 2.24) is 10.2 Å². The molecule has 2 atom stereocenters. The zero-order chi connectivity index (χ0) is 14.0. The second-order valence-electron chi connectivity index (χ2n) is 5.84. The summed E-state index contributed by atoms with van der Waals surface area (Å²) in [6.45, 7) is 7.14. The van der Waals surface area contributed by atoms with E-state index >= 15 is 0 Å². The molecule has 3 N–H and O–H groups in total. The van der Waals surface area contributed by atoms with Gasteiger partial charge in [0.2, 0.25) is 0 Å². The van der Waals surface area contributed by atoms with E-state index in [9.17, 15) is 0 Å². The van der Waals surface area contributed by atoms with Crippen molar-refractivity contribution in [2.75, 3.05) is 40.9 Å². The van der Waals surface area contributed by atoms with Crippen LogP contribution in [0.1, 0.15) is 33.1 Å². The number of methoxy groups -OCH3 is 1. The molecular weight excluding hydrogens is 226 g/mol. The number of likely N-dealkylation sites (N-methyl/N-ethyl adjacent to an activating group) is 1. The molecule has 0 aliphatic carbocycles. The molecule has 0 aliphatic rings. The standard InChI is InChI=1S/C14H33N3O/c1-12(2)9-14(10-17(3)4)16-13(11-18-5)7-6-8-15/h12-14,16H,6-11,15H2,1-5H3. The summed E-state index contributed by atoms with van der Waals surface area (Å²) in [5.74, 6) is 0.708. The molecule has 0 aromatic rings. The highest BCUT2D eigenvalue weighted by molar-refractivity contribution is 4.77. The van der Waals surface area contributed by atoms with Gasteiger partial charge in [-0.2, -0.15) is 0 Å². The molecule has 0 amide bonds. The van der Waals surface area contributed by atoms with Gasteiger partial charge in [-0.3, -0.25) is 0 Å². The maximum Gasteiger partial charge on any atom is 0.0615 e. The summed E-state index contributed by atoms with van der Waals surface area (Å²) in [6, 6.07) is 0.945. The number of nitrogens with zero attached hydrogens (tertiary/aromatic N) is 1. The highest BCUT2D eigenvalue weighted by atomic mass is 16.5. The van der Waals surface area contributed by atoms with E-state index in [4.69, 9.17) is 10.5 Å². The average Bonchev–Trinajstić information content (AvgIpc) is 2.24. The van der Waals surface area contributed by atoms with Crippen LogP contribution in [0.25, 0.3) is 0 Å². The molecule has 0 aromatic carbocycles. The Morgan fingerprint density at radius 3 is 2.33 bits per heavy atom. The van der Waals surface area contributed by atoms with Crippen LogP contribution in [-0.2, 0) is 4.74 Å². The lowest BCUT2D eigenvalue weighted by atomic mass is 10.0. The number of nitrogens with two attached hydrogens (primary N) is 1. The Balaban J connectivity index is 4.27. The van der Waals surface area contributed by atoms with Crippen molar-refractivity contribution in [2.24, 2.45) is 11.7 Å². The lowest BCUT2D eigenvalue weighted by molar-refractivity contribution is 0.148. The molecule has 0 aliphatic heterocycles. The van der Waals surface area contributed by atoms with Crippen molar-refractivity contribution >= 4 is 0 Å². The van der Waals surface area contributed by atoms with Crippen LogP contribution in [0.15, 0.2) is 0 Å². The second-order valence-corrected chi connectivity index (χ2v) is 5.84. The van der Waals surface area contributed by atoms with Crippen molar-refractivity contribution in [3.8, 4) is 0 Å². The molecule has 0 radical (unpaired) electrons. The maximum absolute atomic E-state index is 5.59. The first kappa shape index (κ1) is 17.8. The van der Waals surface area contributed by atoms with Crippen LogP contribution in [0, 0.1) is 5.92 Å². The molecule has 0 saturated heterocycles. The van der Waals surface area contributed by atoms with Crippen LogP contribution >= 0.6 is 0 Å². The quantitative estimate of drug-likeness (QED) is 0.587. The van der Waals surface area contributed by atoms with E-state index in [1.54, 1.807) is 7.11 Å². The highest BCUT2D eigenvalue weighted by Gasteiger charge is 2.17. The Kier molecular flexibility index (Phi) is 10.6. The average molecular weight is 259 g/mol. The third kappa shape index (κ3) is 9.83. The van der Waals surface area contributed by atoms with E-state index in [2.05, 4.69) is 38.2 Å². The molecule has 0 saturated carbocycles. The molecule has 0 heterocycles. The Bertz CT molecular complexity index is 176. The molecule has 110 valence electrons. The first-order valence-electron chi connectivity index (χ1n) is 7.09. The molecule has 4 nitrogen and oxygen atoms in total. The fourth-order valence-corrected chi connectivity index (χ4v) is 2.32. The van der Waals surface area contributed by atoms with Gasteiger partial charge in [0.05, 0.1) is 6.61 Å². The first-order chi connectivity index (χ1) is 8.49. The lowest BCUT2D eigenvalue weighted by Gasteiger charge is -2.29. The monoisotopic (exact) mass is 259 g/mol. The van der Waals surface area contributed by atoms with Crippen LogP contribution in [0.4, 0.5) is 0 Å². The second kappa shape index (κ2) is 10.7. The zero-order valence-corrected chi connectivity index (χ0v) is 12.9. The summed E-state index contributed by atoms with van der Waals surface area (Å²) >= 11 is 0. The van der Waals surface area contributed by atoms with E-state index < -0.39 is 0 Å². The van der Waals surface area contributed by atoms with Crippen molar-refractivity contribution < 1.29 is 4.74 Å². The molecule has 2 unspecified atom stereocenters. The van der Waals surface area contributed by atoms with Gasteiger partial charge in [-0.1, -0.05) is 13.8 Å². The van der Waals surface area contributed by atoms with Gasteiger partial charge in [-0.05, 0) is 45.8 Å². The molecule has 0 bridgehead atoms. The van der Waals surface area contributed by atoms with E-state index in [0.717, 1.165) is 32.5 Å². The fraction of sp³-hybridized carbons (Fsp3) is 1.00. The predicted molar refractivity (Wildman–Crippen MR) is 78.9 cm³/mol.